The molecule has 2 aromatic rings. The molecule has 178 valence electrons. The van der Waals surface area contributed by atoms with Crippen molar-refractivity contribution in [3.63, 3.8) is 0 Å². The number of amides is 2. The van der Waals surface area contributed by atoms with Crippen molar-refractivity contribution >= 4 is 51.9 Å². The zero-order chi connectivity index (χ0) is 24.4. The molecule has 1 saturated heterocycles. The number of rotatable bonds is 8. The molecule has 13 nitrogen and oxygen atoms in total. The first-order chi connectivity index (χ1) is 16.3. The second kappa shape index (κ2) is 9.64. The van der Waals surface area contributed by atoms with Crippen molar-refractivity contribution in [1.82, 2.24) is 19.6 Å². The number of nitrogens with one attached hydrogen (secondary N) is 1. The zero-order valence-electron chi connectivity index (χ0n) is 18.0. The Kier molecular flexibility index (Phi) is 6.65. The van der Waals surface area contributed by atoms with E-state index in [1.807, 2.05) is 0 Å². The lowest BCUT2D eigenvalue weighted by Crippen LogP contribution is -2.71. The number of hydrogen-bond donors (Lipinski definition) is 3. The third kappa shape index (κ3) is 4.38. The second-order valence-electron chi connectivity index (χ2n) is 7.11. The second-order valence-corrected chi connectivity index (χ2v) is 9.00. The summed E-state index contributed by atoms with van der Waals surface area (Å²) in [7, 11) is 2.81. The van der Waals surface area contributed by atoms with E-state index in [1.165, 1.54) is 23.8 Å². The van der Waals surface area contributed by atoms with E-state index in [-0.39, 0.29) is 28.9 Å². The average Bonchev–Trinajstić information content (AvgIpc) is 3.26. The molecule has 2 atom stereocenters. The van der Waals surface area contributed by atoms with E-state index in [4.69, 9.17) is 15.3 Å². The largest absolute Gasteiger partial charge is 0.496 e. The predicted octanol–water partition coefficient (Wildman–Crippen LogP) is -0.794. The van der Waals surface area contributed by atoms with Gasteiger partial charge in [-0.25, -0.2) is 9.36 Å². The predicted molar refractivity (Wildman–Crippen MR) is 121 cm³/mol. The maximum absolute atomic E-state index is 12.9. The Morgan fingerprint density at radius 2 is 2.12 bits per heavy atom. The summed E-state index contributed by atoms with van der Waals surface area (Å²) < 4.78 is 10.9. The number of pyridine rings is 1. The standard InChI is InChI=1S/C19H19N7O6S2/c1-31-10-3-5-25(6-4-10)7-9-8-33-17-12(16(28)26(17)13(9)18(29)30)21-15(27)11(23-32-2)14-22-19(20)34-24-14/h3-6,12,17H,7-8H2,1-2H3,(H3-,20,21,22,24,27,29,30)/p+1/t12?,17-/m0/s1. The van der Waals surface area contributed by atoms with Crippen molar-refractivity contribution < 1.29 is 33.6 Å². The maximum atomic E-state index is 12.9. The third-order valence-corrected chi connectivity index (χ3v) is 6.94. The van der Waals surface area contributed by atoms with Gasteiger partial charge in [0.2, 0.25) is 11.5 Å². The first-order valence-corrected chi connectivity index (χ1v) is 11.6. The molecule has 0 aromatic carbocycles. The Bertz CT molecular complexity index is 1200. The van der Waals surface area contributed by atoms with Crippen LogP contribution >= 0.6 is 23.3 Å². The summed E-state index contributed by atoms with van der Waals surface area (Å²) in [5, 5.41) is 15.6. The molecule has 4 N–H and O–H groups in total. The fourth-order valence-corrected chi connectivity index (χ4v) is 5.30. The molecule has 4 heterocycles. The van der Waals surface area contributed by atoms with Crippen LogP contribution in [0.4, 0.5) is 5.13 Å². The molecule has 0 radical (unpaired) electrons. The minimum absolute atomic E-state index is 0.0355. The van der Waals surface area contributed by atoms with Gasteiger partial charge in [0, 0.05) is 35.0 Å². The number of aliphatic carboxylic acids is 1. The fourth-order valence-electron chi connectivity index (χ4n) is 3.53. The Morgan fingerprint density at radius 1 is 1.38 bits per heavy atom. The van der Waals surface area contributed by atoms with Gasteiger partial charge in [0.15, 0.2) is 24.1 Å². The molecule has 0 bridgehead atoms. The number of carboxylic acid groups (broad SMARTS) is 1. The van der Waals surface area contributed by atoms with Crippen molar-refractivity contribution in [2.24, 2.45) is 5.16 Å². The first kappa shape index (κ1) is 23.4. The zero-order valence-corrected chi connectivity index (χ0v) is 19.6. The highest BCUT2D eigenvalue weighted by Crippen LogP contribution is 2.40. The number of thioether (sulfide) groups is 1. The van der Waals surface area contributed by atoms with Crippen LogP contribution in [0.15, 0.2) is 41.0 Å². The first-order valence-electron chi connectivity index (χ1n) is 9.78. The van der Waals surface area contributed by atoms with Crippen molar-refractivity contribution in [3.05, 3.63) is 41.6 Å². The van der Waals surface area contributed by atoms with E-state index < -0.39 is 29.2 Å². The highest BCUT2D eigenvalue weighted by atomic mass is 32.2. The van der Waals surface area contributed by atoms with E-state index in [0.717, 1.165) is 11.5 Å². The normalized spacial score (nSPS) is 19.9. The number of β-lactam (4-membered cyclic amide) rings is 1. The molecule has 0 aliphatic carbocycles. The number of nitrogens with two attached hydrogens (primary N) is 1. The lowest BCUT2D eigenvalue weighted by atomic mass is 10.0. The molecule has 34 heavy (non-hydrogen) atoms. The molecule has 2 aromatic heterocycles. The number of methoxy groups -OCH3 is 1. The van der Waals surface area contributed by atoms with Crippen LogP contribution in [-0.4, -0.2) is 74.2 Å². The Balaban J connectivity index is 1.52. The molecule has 0 saturated carbocycles. The van der Waals surface area contributed by atoms with Crippen LogP contribution in [0.1, 0.15) is 5.82 Å². The summed E-state index contributed by atoms with van der Waals surface area (Å²) in [6.45, 7) is 0.285. The summed E-state index contributed by atoms with van der Waals surface area (Å²) in [5.74, 6) is -1.49. The van der Waals surface area contributed by atoms with Gasteiger partial charge in [-0.05, 0) is 0 Å². The van der Waals surface area contributed by atoms with Crippen LogP contribution in [-0.2, 0) is 25.8 Å². The van der Waals surface area contributed by atoms with Gasteiger partial charge >= 0.3 is 5.97 Å². The summed E-state index contributed by atoms with van der Waals surface area (Å²) in [5.41, 5.74) is 5.82. The smallest absolute Gasteiger partial charge is 0.352 e. The van der Waals surface area contributed by atoms with Crippen molar-refractivity contribution in [2.45, 2.75) is 18.0 Å². The van der Waals surface area contributed by atoms with E-state index in [9.17, 15) is 19.5 Å². The van der Waals surface area contributed by atoms with Crippen LogP contribution in [0.25, 0.3) is 0 Å². The van der Waals surface area contributed by atoms with Gasteiger partial charge in [-0.3, -0.25) is 14.5 Å². The molecule has 2 aliphatic heterocycles. The molecule has 0 spiro atoms. The molecule has 1 unspecified atom stereocenters. The number of hydrogen-bond acceptors (Lipinski definition) is 11. The minimum Gasteiger partial charge on any atom is -0.496 e. The molecule has 2 aliphatic rings. The molecule has 2 amide bonds. The van der Waals surface area contributed by atoms with Crippen LogP contribution in [0.2, 0.25) is 0 Å². The maximum Gasteiger partial charge on any atom is 0.352 e. The third-order valence-electron chi connectivity index (χ3n) is 5.06. The van der Waals surface area contributed by atoms with Crippen molar-refractivity contribution in [3.8, 4) is 5.75 Å². The fraction of sp³-hybridized carbons (Fsp3) is 0.316. The molecular weight excluding hydrogens is 486 g/mol. The number of fused-ring (bicyclic) bond motifs is 1. The SMILES string of the molecule is CON=C(C(=O)NC1C(=O)N2C(C(=O)O)=C(C[n+]3ccc(OC)cc3)CS[C@@H]12)c1nsc(N)n1. The van der Waals surface area contributed by atoms with E-state index in [2.05, 4.69) is 19.8 Å². The van der Waals surface area contributed by atoms with E-state index >= 15 is 0 Å². The summed E-state index contributed by atoms with van der Waals surface area (Å²) >= 11 is 2.24. The van der Waals surface area contributed by atoms with Gasteiger partial charge in [0.05, 0.1) is 7.11 Å². The summed E-state index contributed by atoms with van der Waals surface area (Å²) in [6.07, 6.45) is 3.53. The number of nitrogens with zero attached hydrogens (tertiary/aromatic N) is 5. The van der Waals surface area contributed by atoms with Gasteiger partial charge in [-0.1, -0.05) is 5.16 Å². The number of ether oxygens (including phenoxy) is 1. The van der Waals surface area contributed by atoms with Crippen LogP contribution in [0, 0.1) is 0 Å². The topological polar surface area (TPSA) is 173 Å². The number of oxime groups is 1. The molecular formula is C19H20N7O6S2+. The number of aromatic nitrogens is 3. The van der Waals surface area contributed by atoms with Crippen LogP contribution < -0.4 is 20.4 Å². The number of nitrogen functional groups attached to an aromatic ring is 1. The van der Waals surface area contributed by atoms with Gasteiger partial charge in [-0.2, -0.15) is 9.36 Å². The Hall–Kier alpha value is -3.72. The lowest BCUT2D eigenvalue weighted by Gasteiger charge is -2.49. The average molecular weight is 507 g/mol. The number of carbonyl (C=O) groups is 3. The molecule has 4 rings (SSSR count). The van der Waals surface area contributed by atoms with E-state index in [1.54, 1.807) is 36.2 Å². The van der Waals surface area contributed by atoms with Gasteiger partial charge < -0.3 is 25.7 Å². The molecule has 15 heteroatoms. The van der Waals surface area contributed by atoms with E-state index in [0.29, 0.717) is 17.1 Å². The number of anilines is 1. The summed E-state index contributed by atoms with van der Waals surface area (Å²) in [6, 6.07) is 2.56. The number of carbonyl (C=O) groups excluding carboxylic acids is 2. The van der Waals surface area contributed by atoms with Crippen molar-refractivity contribution in [2.75, 3.05) is 25.7 Å². The minimum atomic E-state index is -1.21. The number of carboxylic acids is 1. The van der Waals surface area contributed by atoms with Gasteiger partial charge in [0.25, 0.3) is 11.8 Å². The Labute approximate surface area is 201 Å². The van der Waals surface area contributed by atoms with Gasteiger partial charge in [0.1, 0.15) is 30.0 Å². The molecule has 1 fully saturated rings. The monoisotopic (exact) mass is 506 g/mol. The Morgan fingerprint density at radius 3 is 2.71 bits per heavy atom. The summed E-state index contributed by atoms with van der Waals surface area (Å²) in [4.78, 5) is 47.6. The lowest BCUT2D eigenvalue weighted by molar-refractivity contribution is -0.689. The quantitative estimate of drug-likeness (QED) is 0.178. The van der Waals surface area contributed by atoms with Gasteiger partial charge in [-0.15, -0.1) is 11.8 Å². The highest BCUT2D eigenvalue weighted by Gasteiger charge is 2.54. The highest BCUT2D eigenvalue weighted by molar-refractivity contribution is 8.00. The van der Waals surface area contributed by atoms with Crippen molar-refractivity contribution in [1.29, 1.82) is 0 Å². The van der Waals surface area contributed by atoms with Crippen LogP contribution in [0.5, 0.6) is 5.75 Å². The van der Waals surface area contributed by atoms with Crippen LogP contribution in [0.3, 0.4) is 0 Å².